The first-order valence-corrected chi connectivity index (χ1v) is 9.10. The van der Waals surface area contributed by atoms with Gasteiger partial charge < -0.3 is 15.2 Å². The van der Waals surface area contributed by atoms with E-state index in [0.717, 1.165) is 5.56 Å². The van der Waals surface area contributed by atoms with Gasteiger partial charge in [-0.25, -0.2) is 4.79 Å². The van der Waals surface area contributed by atoms with Crippen LogP contribution in [0.15, 0.2) is 30.3 Å². The molecular formula is C21H33NO4. The fourth-order valence-electron chi connectivity index (χ4n) is 2.51. The molecule has 0 saturated heterocycles. The molecule has 0 aliphatic heterocycles. The van der Waals surface area contributed by atoms with Crippen molar-refractivity contribution < 1.29 is 19.4 Å². The summed E-state index contributed by atoms with van der Waals surface area (Å²) in [5.41, 5.74) is 0.109. The Hall–Kier alpha value is -1.72. The second-order valence-electron chi connectivity index (χ2n) is 8.75. The minimum absolute atomic E-state index is 0.100. The van der Waals surface area contributed by atoms with Crippen LogP contribution in [-0.4, -0.2) is 34.5 Å². The molecule has 0 saturated carbocycles. The molecule has 1 aromatic rings. The Morgan fingerprint density at radius 3 is 2.15 bits per heavy atom. The lowest BCUT2D eigenvalue weighted by Gasteiger charge is -2.31. The predicted octanol–water partition coefficient (Wildman–Crippen LogP) is 3.24. The number of carbonyl (C=O) groups is 2. The molecule has 0 heterocycles. The summed E-state index contributed by atoms with van der Waals surface area (Å²) in [5, 5.41) is 13.7. The largest absolute Gasteiger partial charge is 0.459 e. The highest BCUT2D eigenvalue weighted by molar-refractivity contribution is 5.83. The van der Waals surface area contributed by atoms with Crippen LogP contribution in [0.5, 0.6) is 0 Å². The van der Waals surface area contributed by atoms with Gasteiger partial charge in [0.2, 0.25) is 0 Å². The van der Waals surface area contributed by atoms with Crippen LogP contribution < -0.4 is 5.32 Å². The molecule has 2 unspecified atom stereocenters. The van der Waals surface area contributed by atoms with Gasteiger partial charge in [-0.2, -0.15) is 0 Å². The Labute approximate surface area is 157 Å². The number of ether oxygens (including phenoxy) is 1. The third-order valence-electron chi connectivity index (χ3n) is 3.98. The molecule has 0 radical (unpaired) electrons. The monoisotopic (exact) mass is 363 g/mol. The Bertz CT molecular complexity index is 584. The predicted molar refractivity (Wildman–Crippen MR) is 103 cm³/mol. The van der Waals surface area contributed by atoms with Gasteiger partial charge in [0.15, 0.2) is 6.10 Å². The molecule has 26 heavy (non-hydrogen) atoms. The van der Waals surface area contributed by atoms with Gasteiger partial charge in [-0.1, -0.05) is 51.1 Å². The van der Waals surface area contributed by atoms with Gasteiger partial charge in [0.1, 0.15) is 12.4 Å². The molecule has 146 valence electrons. The highest BCUT2D eigenvalue weighted by Gasteiger charge is 2.32. The molecule has 0 aliphatic rings. The summed E-state index contributed by atoms with van der Waals surface area (Å²) in [6, 6.07) is 8.77. The van der Waals surface area contributed by atoms with E-state index in [1.54, 1.807) is 0 Å². The number of ketones is 1. The molecule has 0 aromatic heterocycles. The average molecular weight is 363 g/mol. The number of benzene rings is 1. The summed E-state index contributed by atoms with van der Waals surface area (Å²) in [6.45, 7) is 11.6. The van der Waals surface area contributed by atoms with E-state index in [9.17, 15) is 14.7 Å². The van der Waals surface area contributed by atoms with Crippen LogP contribution in [0.3, 0.4) is 0 Å². The smallest absolute Gasteiger partial charge is 0.336 e. The first-order chi connectivity index (χ1) is 11.9. The number of rotatable bonds is 8. The highest BCUT2D eigenvalue weighted by Crippen LogP contribution is 2.20. The van der Waals surface area contributed by atoms with Gasteiger partial charge in [-0.15, -0.1) is 0 Å². The van der Waals surface area contributed by atoms with Crippen LogP contribution in [0.2, 0.25) is 0 Å². The van der Waals surface area contributed by atoms with Crippen LogP contribution in [0, 0.1) is 5.41 Å². The molecule has 0 aliphatic carbocycles. The van der Waals surface area contributed by atoms with Crippen molar-refractivity contribution >= 4 is 11.8 Å². The third kappa shape index (κ3) is 8.11. The number of aliphatic hydroxyl groups is 1. The summed E-state index contributed by atoms with van der Waals surface area (Å²) < 4.78 is 5.25. The van der Waals surface area contributed by atoms with Gasteiger partial charge in [-0.05, 0) is 32.8 Å². The maximum atomic E-state index is 12.3. The van der Waals surface area contributed by atoms with Gasteiger partial charge in [0.25, 0.3) is 0 Å². The molecule has 0 amide bonds. The number of aliphatic hydroxyl groups excluding tert-OH is 1. The molecule has 5 heteroatoms. The van der Waals surface area contributed by atoms with Crippen molar-refractivity contribution in [3.05, 3.63) is 35.9 Å². The van der Waals surface area contributed by atoms with Gasteiger partial charge in [0, 0.05) is 23.4 Å². The zero-order chi connectivity index (χ0) is 20.0. The van der Waals surface area contributed by atoms with Crippen molar-refractivity contribution in [3.63, 3.8) is 0 Å². The molecule has 0 spiro atoms. The van der Waals surface area contributed by atoms with Crippen molar-refractivity contribution in [2.24, 2.45) is 5.41 Å². The van der Waals surface area contributed by atoms with E-state index >= 15 is 0 Å². The summed E-state index contributed by atoms with van der Waals surface area (Å²) in [6.07, 6.45) is -0.666. The first-order valence-electron chi connectivity index (χ1n) is 9.10. The summed E-state index contributed by atoms with van der Waals surface area (Å²) >= 11 is 0. The molecule has 1 rings (SSSR count). The number of hydrogen-bond donors (Lipinski definition) is 2. The van der Waals surface area contributed by atoms with E-state index < -0.39 is 23.5 Å². The van der Waals surface area contributed by atoms with Crippen molar-refractivity contribution in [2.45, 2.75) is 78.7 Å². The number of hydrogen-bond acceptors (Lipinski definition) is 5. The number of esters is 1. The standard InChI is InChI=1S/C21H33NO4/c1-20(2,3)17(23)13-12-16(22-21(4,5)6)18(24)19(25)26-14-15-10-8-7-9-11-15/h7-11,16,18,22,24H,12-14H2,1-6H3. The Morgan fingerprint density at radius 1 is 1.08 bits per heavy atom. The van der Waals surface area contributed by atoms with Crippen LogP contribution in [0.25, 0.3) is 0 Å². The molecular weight excluding hydrogens is 330 g/mol. The van der Waals surface area contributed by atoms with E-state index in [1.807, 2.05) is 71.9 Å². The Kier molecular flexibility index (Phi) is 7.97. The second kappa shape index (κ2) is 9.28. The minimum Gasteiger partial charge on any atom is -0.459 e. The van der Waals surface area contributed by atoms with Crippen LogP contribution in [-0.2, 0) is 20.9 Å². The SMILES string of the molecule is CC(C)(C)NC(CCC(=O)C(C)(C)C)C(O)C(=O)OCc1ccccc1. The Morgan fingerprint density at radius 2 is 1.65 bits per heavy atom. The summed E-state index contributed by atoms with van der Waals surface area (Å²) in [5.74, 6) is -0.582. The zero-order valence-corrected chi connectivity index (χ0v) is 16.8. The van der Waals surface area contributed by atoms with Crippen molar-refractivity contribution in [1.82, 2.24) is 5.32 Å². The lowest BCUT2D eigenvalue weighted by molar-refractivity contribution is -0.157. The lowest BCUT2D eigenvalue weighted by Crippen LogP contribution is -2.52. The van der Waals surface area contributed by atoms with Gasteiger partial charge in [0.05, 0.1) is 0 Å². The molecule has 5 nitrogen and oxygen atoms in total. The second-order valence-corrected chi connectivity index (χ2v) is 8.75. The highest BCUT2D eigenvalue weighted by atomic mass is 16.5. The molecule has 1 aromatic carbocycles. The zero-order valence-electron chi connectivity index (χ0n) is 16.8. The number of Topliss-reactive ketones (excluding diaryl/α,β-unsaturated/α-hetero) is 1. The van der Waals surface area contributed by atoms with E-state index in [2.05, 4.69) is 5.32 Å². The Balaban J connectivity index is 2.71. The minimum atomic E-state index is -1.33. The number of carbonyl (C=O) groups excluding carboxylic acids is 2. The fourth-order valence-corrected chi connectivity index (χ4v) is 2.51. The van der Waals surface area contributed by atoms with E-state index in [1.165, 1.54) is 0 Å². The molecule has 0 fully saturated rings. The number of nitrogens with one attached hydrogen (secondary N) is 1. The van der Waals surface area contributed by atoms with E-state index in [-0.39, 0.29) is 17.9 Å². The van der Waals surface area contributed by atoms with Crippen LogP contribution in [0.4, 0.5) is 0 Å². The van der Waals surface area contributed by atoms with E-state index in [0.29, 0.717) is 12.8 Å². The van der Waals surface area contributed by atoms with Crippen molar-refractivity contribution in [2.75, 3.05) is 0 Å². The maximum Gasteiger partial charge on any atom is 0.336 e. The molecule has 2 atom stereocenters. The average Bonchev–Trinajstić information content (AvgIpc) is 2.54. The van der Waals surface area contributed by atoms with Gasteiger partial charge in [-0.3, -0.25) is 4.79 Å². The van der Waals surface area contributed by atoms with Crippen LogP contribution >= 0.6 is 0 Å². The molecule has 0 bridgehead atoms. The lowest BCUT2D eigenvalue weighted by atomic mass is 9.86. The third-order valence-corrected chi connectivity index (χ3v) is 3.98. The maximum absolute atomic E-state index is 12.3. The summed E-state index contributed by atoms with van der Waals surface area (Å²) in [7, 11) is 0. The van der Waals surface area contributed by atoms with Crippen molar-refractivity contribution in [1.29, 1.82) is 0 Å². The summed E-state index contributed by atoms with van der Waals surface area (Å²) in [4.78, 5) is 24.5. The topological polar surface area (TPSA) is 75.6 Å². The normalized spacial score (nSPS) is 14.6. The van der Waals surface area contributed by atoms with E-state index in [4.69, 9.17) is 4.74 Å². The fraction of sp³-hybridized carbons (Fsp3) is 0.619. The van der Waals surface area contributed by atoms with Crippen LogP contribution in [0.1, 0.15) is 59.9 Å². The van der Waals surface area contributed by atoms with Gasteiger partial charge >= 0.3 is 5.97 Å². The molecule has 2 N–H and O–H groups in total. The first kappa shape index (κ1) is 22.3. The quantitative estimate of drug-likeness (QED) is 0.694. The van der Waals surface area contributed by atoms with Crippen molar-refractivity contribution in [3.8, 4) is 0 Å².